The summed E-state index contributed by atoms with van der Waals surface area (Å²) < 4.78 is 11.7. The standard InChI is InChI=1S/C33H51N3O4/c1-24(2)21-34-22-28(20-25-12-6-4-7-13-25)35-29-30(32(38)31(29)37)36-17-10-16-27(23-36)33(40-19-11-18-39-3)26-14-8-5-9-15-26/h5,8-9,14-15,24-25,27-28,33-35H,4,6-7,10-13,16-23H2,1-3H3/t27?,28?,33-/m0/s1. The van der Waals surface area contributed by atoms with Gasteiger partial charge in [-0.1, -0.05) is 76.3 Å². The van der Waals surface area contributed by atoms with Crippen LogP contribution in [-0.2, 0) is 9.47 Å². The number of methoxy groups -OCH3 is 1. The van der Waals surface area contributed by atoms with Crippen LogP contribution in [0.2, 0.25) is 0 Å². The van der Waals surface area contributed by atoms with Gasteiger partial charge in [-0.05, 0) is 49.6 Å². The maximum Gasteiger partial charge on any atom is 0.253 e. The minimum atomic E-state index is -0.356. The first-order valence-corrected chi connectivity index (χ1v) is 15.7. The van der Waals surface area contributed by atoms with E-state index >= 15 is 0 Å². The highest BCUT2D eigenvalue weighted by molar-refractivity contribution is 5.75. The summed E-state index contributed by atoms with van der Waals surface area (Å²) >= 11 is 0. The maximum atomic E-state index is 13.0. The molecule has 0 aromatic heterocycles. The number of hydrogen-bond donors (Lipinski definition) is 2. The summed E-state index contributed by atoms with van der Waals surface area (Å²) in [4.78, 5) is 28.1. The molecule has 2 aliphatic rings. The number of piperidine rings is 1. The van der Waals surface area contributed by atoms with E-state index in [1.165, 1.54) is 37.7 Å². The van der Waals surface area contributed by atoms with Crippen molar-refractivity contribution in [2.45, 2.75) is 83.8 Å². The maximum absolute atomic E-state index is 13.0. The van der Waals surface area contributed by atoms with Gasteiger partial charge in [0.25, 0.3) is 10.9 Å². The van der Waals surface area contributed by atoms with Gasteiger partial charge in [-0.15, -0.1) is 0 Å². The van der Waals surface area contributed by atoms with Gasteiger partial charge >= 0.3 is 0 Å². The number of rotatable bonds is 16. The second-order valence-electron chi connectivity index (χ2n) is 12.4. The van der Waals surface area contributed by atoms with E-state index in [4.69, 9.17) is 9.47 Å². The van der Waals surface area contributed by atoms with Crippen molar-refractivity contribution in [1.82, 2.24) is 5.32 Å². The Morgan fingerprint density at radius 1 is 0.950 bits per heavy atom. The Morgan fingerprint density at radius 2 is 1.73 bits per heavy atom. The molecular formula is C33H51N3O4. The summed E-state index contributed by atoms with van der Waals surface area (Å²) in [6, 6.07) is 10.5. The van der Waals surface area contributed by atoms with Crippen molar-refractivity contribution in [1.29, 1.82) is 0 Å². The lowest BCUT2D eigenvalue weighted by molar-refractivity contribution is -0.00235. The largest absolute Gasteiger partial charge is 0.385 e. The average Bonchev–Trinajstić information content (AvgIpc) is 2.97. The summed E-state index contributed by atoms with van der Waals surface area (Å²) in [5.74, 6) is 1.49. The molecule has 4 rings (SSSR count). The summed E-state index contributed by atoms with van der Waals surface area (Å²) in [5, 5.41) is 7.18. The van der Waals surface area contributed by atoms with Crippen LogP contribution >= 0.6 is 0 Å². The van der Waals surface area contributed by atoms with Crippen molar-refractivity contribution in [2.24, 2.45) is 17.8 Å². The molecule has 7 nitrogen and oxygen atoms in total. The second kappa shape index (κ2) is 15.7. The zero-order valence-corrected chi connectivity index (χ0v) is 25.0. The molecule has 2 N–H and O–H groups in total. The van der Waals surface area contributed by atoms with Crippen molar-refractivity contribution in [3.8, 4) is 0 Å². The third-order valence-corrected chi connectivity index (χ3v) is 8.64. The minimum absolute atomic E-state index is 0.0528. The van der Waals surface area contributed by atoms with Crippen molar-refractivity contribution in [2.75, 3.05) is 56.7 Å². The van der Waals surface area contributed by atoms with E-state index in [0.29, 0.717) is 43.0 Å². The van der Waals surface area contributed by atoms with Gasteiger partial charge in [-0.25, -0.2) is 0 Å². The SMILES string of the molecule is COCCCO[C@@H](c1ccccc1)C1CCCN(c2c(NC(CNCC(C)C)CC3CCCCC3)c(=O)c2=O)C1. The van der Waals surface area contributed by atoms with Gasteiger partial charge in [-0.2, -0.15) is 0 Å². The van der Waals surface area contributed by atoms with Crippen LogP contribution in [0.3, 0.4) is 0 Å². The Bertz CT molecular complexity index is 1080. The highest BCUT2D eigenvalue weighted by Crippen LogP contribution is 2.36. The molecule has 2 unspecified atom stereocenters. The normalized spacial score (nSPS) is 20.2. The Hall–Kier alpha value is -2.22. The monoisotopic (exact) mass is 553 g/mol. The molecule has 222 valence electrons. The molecule has 0 amide bonds. The first-order valence-electron chi connectivity index (χ1n) is 15.7. The van der Waals surface area contributed by atoms with Crippen LogP contribution in [0, 0.1) is 17.8 Å². The fourth-order valence-corrected chi connectivity index (χ4v) is 6.61. The molecule has 40 heavy (non-hydrogen) atoms. The number of anilines is 2. The van der Waals surface area contributed by atoms with Gasteiger partial charge in [0.1, 0.15) is 11.4 Å². The quantitative estimate of drug-likeness (QED) is 0.216. The summed E-state index contributed by atoms with van der Waals surface area (Å²) in [6.07, 6.45) is 10.3. The molecule has 2 aromatic rings. The Kier molecular flexibility index (Phi) is 12.1. The van der Waals surface area contributed by atoms with Crippen molar-refractivity contribution in [3.05, 3.63) is 56.3 Å². The molecule has 0 spiro atoms. The zero-order valence-electron chi connectivity index (χ0n) is 25.0. The second-order valence-corrected chi connectivity index (χ2v) is 12.4. The Morgan fingerprint density at radius 3 is 2.45 bits per heavy atom. The lowest BCUT2D eigenvalue weighted by Gasteiger charge is -2.39. The van der Waals surface area contributed by atoms with Crippen LogP contribution in [0.4, 0.5) is 11.4 Å². The van der Waals surface area contributed by atoms with Crippen LogP contribution < -0.4 is 26.4 Å². The van der Waals surface area contributed by atoms with E-state index in [0.717, 1.165) is 45.3 Å². The first-order chi connectivity index (χ1) is 19.5. The van der Waals surface area contributed by atoms with Crippen LogP contribution in [0.5, 0.6) is 0 Å². The third-order valence-electron chi connectivity index (χ3n) is 8.64. The average molecular weight is 554 g/mol. The number of ether oxygens (including phenoxy) is 2. The fraction of sp³-hybridized carbons (Fsp3) is 0.697. The topological polar surface area (TPSA) is 79.9 Å². The van der Waals surface area contributed by atoms with Gasteiger partial charge in [0.05, 0.1) is 6.10 Å². The highest BCUT2D eigenvalue weighted by atomic mass is 16.5. The van der Waals surface area contributed by atoms with E-state index in [9.17, 15) is 9.59 Å². The molecule has 1 aliphatic heterocycles. The van der Waals surface area contributed by atoms with E-state index < -0.39 is 0 Å². The summed E-state index contributed by atoms with van der Waals surface area (Å²) in [6.45, 7) is 8.97. The van der Waals surface area contributed by atoms with Gasteiger partial charge < -0.3 is 25.0 Å². The number of nitrogens with one attached hydrogen (secondary N) is 2. The van der Waals surface area contributed by atoms with Crippen molar-refractivity contribution < 1.29 is 9.47 Å². The fourth-order valence-electron chi connectivity index (χ4n) is 6.61. The molecule has 0 radical (unpaired) electrons. The molecule has 2 aromatic carbocycles. The first kappa shape index (κ1) is 30.7. The Labute approximate surface area is 240 Å². The van der Waals surface area contributed by atoms with Gasteiger partial charge in [0.15, 0.2) is 0 Å². The molecule has 1 aliphatic carbocycles. The number of nitrogens with zero attached hydrogens (tertiary/aromatic N) is 1. The van der Waals surface area contributed by atoms with Gasteiger partial charge in [0, 0.05) is 51.9 Å². The van der Waals surface area contributed by atoms with E-state index in [1.54, 1.807) is 7.11 Å². The summed E-state index contributed by atoms with van der Waals surface area (Å²) in [5.41, 5.74) is 1.60. The van der Waals surface area contributed by atoms with Crippen LogP contribution in [0.25, 0.3) is 0 Å². The molecule has 3 atom stereocenters. The molecule has 1 saturated carbocycles. The molecular weight excluding hydrogens is 502 g/mol. The molecule has 1 saturated heterocycles. The van der Waals surface area contributed by atoms with Crippen molar-refractivity contribution >= 4 is 11.4 Å². The lowest BCUT2D eigenvalue weighted by Crippen LogP contribution is -2.49. The van der Waals surface area contributed by atoms with Crippen LogP contribution in [-0.4, -0.2) is 52.5 Å². The van der Waals surface area contributed by atoms with Gasteiger partial charge in [-0.3, -0.25) is 9.59 Å². The van der Waals surface area contributed by atoms with Gasteiger partial charge in [0.2, 0.25) is 0 Å². The minimum Gasteiger partial charge on any atom is -0.385 e. The van der Waals surface area contributed by atoms with E-state index in [2.05, 4.69) is 53.6 Å². The smallest absolute Gasteiger partial charge is 0.253 e. The predicted molar refractivity (Wildman–Crippen MR) is 164 cm³/mol. The van der Waals surface area contributed by atoms with Crippen LogP contribution in [0.15, 0.2) is 39.9 Å². The van der Waals surface area contributed by atoms with E-state index in [-0.39, 0.29) is 28.9 Å². The van der Waals surface area contributed by atoms with Crippen molar-refractivity contribution in [3.63, 3.8) is 0 Å². The highest BCUT2D eigenvalue weighted by Gasteiger charge is 2.34. The summed E-state index contributed by atoms with van der Waals surface area (Å²) in [7, 11) is 1.71. The zero-order chi connectivity index (χ0) is 28.3. The van der Waals surface area contributed by atoms with Crippen LogP contribution in [0.1, 0.15) is 83.3 Å². The Balaban J connectivity index is 1.48. The molecule has 1 heterocycles. The lowest BCUT2D eigenvalue weighted by atomic mass is 9.84. The predicted octanol–water partition coefficient (Wildman–Crippen LogP) is 5.29. The third kappa shape index (κ3) is 8.40. The number of hydrogen-bond acceptors (Lipinski definition) is 7. The molecule has 7 heteroatoms. The van der Waals surface area contributed by atoms with E-state index in [1.807, 2.05) is 6.07 Å². The molecule has 0 bridgehead atoms. The number of benzene rings is 1. The molecule has 2 fully saturated rings.